The average Bonchev–Trinajstić information content (AvgIpc) is 3.71. The van der Waals surface area contributed by atoms with Gasteiger partial charge in [-0.05, 0) is 213 Å². The van der Waals surface area contributed by atoms with Gasteiger partial charge in [0.2, 0.25) is 6.29 Å². The molecule has 0 N–H and O–H groups in total. The standard InChI is InChI=1S/C18H30O3.C17H30O2.C16H30O2/c1-5-17(3,4)16(19)20-12(2)21-18-9-13-6-14(10-18)8-15(7-13)11-18;1-7-16(3,4)15(18)19-17(5,6)14-10-12-9-13(14)8-11(12)2;1-7-15(3,4)14(17)18-16(5,6)13-10-8-12(2)9-11-13/h12-15H,5-11H2,1-4H3;11-14H,7-10H2,1-6H3;12-13H,7-11H2,1-6H3. The molecule has 336 valence electrons. The van der Waals surface area contributed by atoms with Crippen molar-refractivity contribution >= 4 is 17.9 Å². The summed E-state index contributed by atoms with van der Waals surface area (Å²) in [5, 5.41) is 0. The van der Waals surface area contributed by atoms with E-state index in [1.807, 2.05) is 69.2 Å². The molecular formula is C51H90O7. The molecule has 5 atom stereocenters. The van der Waals surface area contributed by atoms with Crippen molar-refractivity contribution in [2.24, 2.45) is 69.5 Å². The highest BCUT2D eigenvalue weighted by atomic mass is 16.7. The lowest BCUT2D eigenvalue weighted by atomic mass is 9.54. The van der Waals surface area contributed by atoms with Crippen LogP contribution >= 0.6 is 0 Å². The number of carbonyl (C=O) groups is 3. The van der Waals surface area contributed by atoms with E-state index in [-0.39, 0.29) is 45.5 Å². The van der Waals surface area contributed by atoms with Gasteiger partial charge in [0.15, 0.2) is 0 Å². The van der Waals surface area contributed by atoms with Crippen molar-refractivity contribution in [3.8, 4) is 0 Å². The Labute approximate surface area is 356 Å². The van der Waals surface area contributed by atoms with E-state index < -0.39 is 11.7 Å². The molecule has 0 spiro atoms. The summed E-state index contributed by atoms with van der Waals surface area (Å²) >= 11 is 0. The molecule has 7 aliphatic carbocycles. The molecule has 0 radical (unpaired) electrons. The minimum Gasteiger partial charge on any atom is -0.459 e. The Morgan fingerprint density at radius 2 is 1.00 bits per heavy atom. The normalized spacial score (nSPS) is 33.6. The SMILES string of the molecule is CCC(C)(C)C(=O)OC(C)(C)C1CC2CC1CC2C.CCC(C)(C)C(=O)OC(C)(C)C1CCC(C)CC1.CCC(C)(C)C(=O)OC(C)OC12CC3CC(CC(C3)C1)C2. The first-order valence-corrected chi connectivity index (χ1v) is 24.0. The van der Waals surface area contributed by atoms with Gasteiger partial charge in [0.05, 0.1) is 21.8 Å². The number of fused-ring (bicyclic) bond motifs is 2. The zero-order valence-electron chi connectivity index (χ0n) is 40.4. The van der Waals surface area contributed by atoms with E-state index in [2.05, 4.69) is 41.5 Å². The van der Waals surface area contributed by atoms with E-state index >= 15 is 0 Å². The first-order chi connectivity index (χ1) is 26.7. The van der Waals surface area contributed by atoms with E-state index in [9.17, 15) is 14.4 Å². The highest BCUT2D eigenvalue weighted by Crippen LogP contribution is 2.58. The molecule has 6 bridgehead atoms. The monoisotopic (exact) mass is 815 g/mol. The Morgan fingerprint density at radius 3 is 1.40 bits per heavy atom. The maximum absolute atomic E-state index is 12.3. The Morgan fingerprint density at radius 1 is 0.569 bits per heavy atom. The molecule has 0 aromatic heterocycles. The summed E-state index contributed by atoms with van der Waals surface area (Å²) in [4.78, 5) is 36.7. The molecule has 7 heteroatoms. The summed E-state index contributed by atoms with van der Waals surface area (Å²) in [5.41, 5.74) is -1.75. The number of rotatable bonds is 13. The summed E-state index contributed by atoms with van der Waals surface area (Å²) in [7, 11) is 0. The number of hydrogen-bond donors (Lipinski definition) is 0. The fourth-order valence-corrected chi connectivity index (χ4v) is 11.6. The lowest BCUT2D eigenvalue weighted by Crippen LogP contribution is -2.53. The van der Waals surface area contributed by atoms with Crippen LogP contribution in [0.3, 0.4) is 0 Å². The Hall–Kier alpha value is -1.63. The summed E-state index contributed by atoms with van der Waals surface area (Å²) in [6, 6.07) is 0. The van der Waals surface area contributed by atoms with Gasteiger partial charge in [-0.25, -0.2) is 0 Å². The molecule has 7 saturated carbocycles. The highest BCUT2D eigenvalue weighted by molar-refractivity contribution is 5.77. The Balaban J connectivity index is 0.000000193. The number of esters is 3. The van der Waals surface area contributed by atoms with Crippen molar-refractivity contribution < 1.29 is 33.3 Å². The molecular weight excluding hydrogens is 725 g/mol. The maximum atomic E-state index is 12.3. The van der Waals surface area contributed by atoms with Crippen molar-refractivity contribution in [2.75, 3.05) is 0 Å². The maximum Gasteiger partial charge on any atom is 0.313 e. The first kappa shape index (κ1) is 49.0. The third kappa shape index (κ3) is 12.0. The molecule has 7 nitrogen and oxygen atoms in total. The molecule has 0 aromatic carbocycles. The summed E-state index contributed by atoms with van der Waals surface area (Å²) in [6.45, 7) is 32.9. The van der Waals surface area contributed by atoms with E-state index in [1.54, 1.807) is 0 Å². The second-order valence-corrected chi connectivity index (χ2v) is 23.7. The van der Waals surface area contributed by atoms with Gasteiger partial charge < -0.3 is 18.9 Å². The van der Waals surface area contributed by atoms with E-state index in [4.69, 9.17) is 18.9 Å². The smallest absolute Gasteiger partial charge is 0.313 e. The second kappa shape index (κ2) is 18.8. The van der Waals surface area contributed by atoms with Gasteiger partial charge in [0.1, 0.15) is 11.2 Å². The number of carbonyl (C=O) groups excluding carboxylic acids is 3. The van der Waals surface area contributed by atoms with Crippen molar-refractivity contribution in [3.63, 3.8) is 0 Å². The van der Waals surface area contributed by atoms with Crippen LogP contribution in [0.5, 0.6) is 0 Å². The van der Waals surface area contributed by atoms with Crippen molar-refractivity contribution in [2.45, 2.75) is 237 Å². The minimum atomic E-state index is -0.418. The van der Waals surface area contributed by atoms with Gasteiger partial charge in [-0.2, -0.15) is 0 Å². The minimum absolute atomic E-state index is 0.00477. The number of hydrogen-bond acceptors (Lipinski definition) is 7. The van der Waals surface area contributed by atoms with E-state index in [0.29, 0.717) is 11.8 Å². The highest BCUT2D eigenvalue weighted by Gasteiger charge is 2.53. The summed E-state index contributed by atoms with van der Waals surface area (Å²) in [5.74, 6) is 6.77. The topological polar surface area (TPSA) is 88.1 Å². The summed E-state index contributed by atoms with van der Waals surface area (Å²) < 4.78 is 23.7. The van der Waals surface area contributed by atoms with Crippen molar-refractivity contribution in [1.29, 1.82) is 0 Å². The third-order valence-electron chi connectivity index (χ3n) is 16.8. The molecule has 0 heterocycles. The summed E-state index contributed by atoms with van der Waals surface area (Å²) in [6.07, 6.45) is 18.6. The van der Waals surface area contributed by atoms with Crippen LogP contribution in [0.2, 0.25) is 0 Å². The van der Waals surface area contributed by atoms with Gasteiger partial charge in [0, 0.05) is 5.92 Å². The Bertz CT molecular complexity index is 1340. The van der Waals surface area contributed by atoms with Crippen LogP contribution in [0, 0.1) is 69.5 Å². The predicted octanol–water partition coefficient (Wildman–Crippen LogP) is 13.3. The average molecular weight is 815 g/mol. The molecule has 0 aromatic rings. The Kier molecular flexibility index (Phi) is 15.9. The fraction of sp³-hybridized carbons (Fsp3) is 0.941. The molecule has 7 rings (SSSR count). The predicted molar refractivity (Wildman–Crippen MR) is 235 cm³/mol. The van der Waals surface area contributed by atoms with Crippen LogP contribution in [0.4, 0.5) is 0 Å². The van der Waals surface area contributed by atoms with Gasteiger partial charge in [-0.3, -0.25) is 14.4 Å². The molecule has 0 amide bonds. The van der Waals surface area contributed by atoms with Crippen LogP contribution in [0.25, 0.3) is 0 Å². The van der Waals surface area contributed by atoms with Crippen LogP contribution in [-0.2, 0) is 33.3 Å². The van der Waals surface area contributed by atoms with Crippen LogP contribution in [0.15, 0.2) is 0 Å². The zero-order valence-corrected chi connectivity index (χ0v) is 40.4. The lowest BCUT2D eigenvalue weighted by molar-refractivity contribution is -0.248. The van der Waals surface area contributed by atoms with Gasteiger partial charge in [-0.1, -0.05) is 47.5 Å². The fourth-order valence-electron chi connectivity index (χ4n) is 11.6. The largest absolute Gasteiger partial charge is 0.459 e. The third-order valence-corrected chi connectivity index (χ3v) is 16.8. The van der Waals surface area contributed by atoms with E-state index in [0.717, 1.165) is 60.7 Å². The molecule has 58 heavy (non-hydrogen) atoms. The van der Waals surface area contributed by atoms with Crippen LogP contribution < -0.4 is 0 Å². The number of ether oxygens (including phenoxy) is 4. The molecule has 7 aliphatic rings. The quantitative estimate of drug-likeness (QED) is 0.104. The van der Waals surface area contributed by atoms with Gasteiger partial charge >= 0.3 is 17.9 Å². The van der Waals surface area contributed by atoms with Gasteiger partial charge in [0.25, 0.3) is 0 Å². The van der Waals surface area contributed by atoms with E-state index in [1.165, 1.54) is 83.5 Å². The van der Waals surface area contributed by atoms with Crippen LogP contribution in [0.1, 0.15) is 214 Å². The first-order valence-electron chi connectivity index (χ1n) is 24.0. The van der Waals surface area contributed by atoms with Crippen LogP contribution in [-0.4, -0.2) is 41.0 Å². The molecule has 0 aliphatic heterocycles. The van der Waals surface area contributed by atoms with Crippen molar-refractivity contribution in [3.05, 3.63) is 0 Å². The molecule has 7 fully saturated rings. The molecule has 0 saturated heterocycles. The zero-order chi connectivity index (χ0) is 43.6. The molecule has 5 unspecified atom stereocenters. The van der Waals surface area contributed by atoms with Gasteiger partial charge in [-0.15, -0.1) is 0 Å². The van der Waals surface area contributed by atoms with Crippen molar-refractivity contribution in [1.82, 2.24) is 0 Å². The second-order valence-electron chi connectivity index (χ2n) is 23.7. The lowest BCUT2D eigenvalue weighted by Gasteiger charge is -2.56.